The Hall–Kier alpha value is -1.62. The van der Waals surface area contributed by atoms with E-state index in [0.29, 0.717) is 5.82 Å². The van der Waals surface area contributed by atoms with Crippen molar-refractivity contribution in [1.82, 2.24) is 4.98 Å². The standard InChI is InChI=1S/C12H16N2O3/c15-9-6-4-8(5-7-9)13-11-3-1-2-10(14-11)12(16)17/h1-3,8-9,15H,4-7H2,(H,13,14)(H,16,17). The van der Waals surface area contributed by atoms with Crippen molar-refractivity contribution >= 4 is 11.8 Å². The minimum Gasteiger partial charge on any atom is -0.477 e. The van der Waals surface area contributed by atoms with Gasteiger partial charge >= 0.3 is 5.97 Å². The van der Waals surface area contributed by atoms with Crippen LogP contribution in [0.25, 0.3) is 0 Å². The molecular formula is C12H16N2O3. The van der Waals surface area contributed by atoms with Crippen molar-refractivity contribution < 1.29 is 15.0 Å². The van der Waals surface area contributed by atoms with Crippen molar-refractivity contribution in [2.24, 2.45) is 0 Å². The molecule has 1 aliphatic rings. The maximum atomic E-state index is 10.8. The van der Waals surface area contributed by atoms with Crippen LogP contribution in [0.15, 0.2) is 18.2 Å². The highest BCUT2D eigenvalue weighted by Crippen LogP contribution is 2.21. The van der Waals surface area contributed by atoms with Gasteiger partial charge in [-0.1, -0.05) is 6.07 Å². The lowest BCUT2D eigenvalue weighted by Crippen LogP contribution is -2.28. The summed E-state index contributed by atoms with van der Waals surface area (Å²) in [7, 11) is 0. The molecule has 0 atom stereocenters. The Morgan fingerprint density at radius 1 is 1.29 bits per heavy atom. The van der Waals surface area contributed by atoms with Crippen LogP contribution in [0.5, 0.6) is 0 Å². The van der Waals surface area contributed by atoms with E-state index < -0.39 is 5.97 Å². The Morgan fingerprint density at radius 3 is 2.65 bits per heavy atom. The number of carboxylic acid groups (broad SMARTS) is 1. The number of carbonyl (C=O) groups is 1. The minimum absolute atomic E-state index is 0.0471. The minimum atomic E-state index is -1.02. The maximum Gasteiger partial charge on any atom is 0.354 e. The predicted octanol–water partition coefficient (Wildman–Crippen LogP) is 1.50. The van der Waals surface area contributed by atoms with Gasteiger partial charge in [0.25, 0.3) is 0 Å². The summed E-state index contributed by atoms with van der Waals surface area (Å²) < 4.78 is 0. The van der Waals surface area contributed by atoms with Gasteiger partial charge in [-0.2, -0.15) is 0 Å². The number of carboxylic acids is 1. The number of pyridine rings is 1. The highest BCUT2D eigenvalue weighted by atomic mass is 16.4. The summed E-state index contributed by atoms with van der Waals surface area (Å²) in [6, 6.07) is 5.18. The lowest BCUT2D eigenvalue weighted by atomic mass is 9.93. The fourth-order valence-corrected chi connectivity index (χ4v) is 2.06. The maximum absolute atomic E-state index is 10.8. The quantitative estimate of drug-likeness (QED) is 0.740. The summed E-state index contributed by atoms with van der Waals surface area (Å²) in [6.45, 7) is 0. The second-order valence-corrected chi connectivity index (χ2v) is 4.36. The molecule has 1 heterocycles. The van der Waals surface area contributed by atoms with Crippen LogP contribution < -0.4 is 5.32 Å². The molecule has 2 rings (SSSR count). The molecule has 5 heteroatoms. The van der Waals surface area contributed by atoms with E-state index in [9.17, 15) is 9.90 Å². The summed E-state index contributed by atoms with van der Waals surface area (Å²) in [6.07, 6.45) is 3.17. The van der Waals surface area contributed by atoms with Gasteiger partial charge in [-0.15, -0.1) is 0 Å². The Labute approximate surface area is 99.5 Å². The van der Waals surface area contributed by atoms with E-state index in [1.165, 1.54) is 6.07 Å². The number of aromatic carboxylic acids is 1. The van der Waals surface area contributed by atoms with Gasteiger partial charge in [0.15, 0.2) is 5.69 Å². The summed E-state index contributed by atoms with van der Waals surface area (Å²) in [5, 5.41) is 21.4. The first kappa shape index (κ1) is 11.9. The lowest BCUT2D eigenvalue weighted by Gasteiger charge is -2.26. The SMILES string of the molecule is O=C(O)c1cccc(NC2CCC(O)CC2)n1. The van der Waals surface area contributed by atoms with Crippen LogP contribution >= 0.6 is 0 Å². The molecule has 0 radical (unpaired) electrons. The molecule has 0 spiro atoms. The van der Waals surface area contributed by atoms with Gasteiger partial charge in [0, 0.05) is 6.04 Å². The Kier molecular flexibility index (Phi) is 3.58. The first-order valence-electron chi connectivity index (χ1n) is 5.80. The number of nitrogens with zero attached hydrogens (tertiary/aromatic N) is 1. The molecule has 1 aliphatic carbocycles. The van der Waals surface area contributed by atoms with Crippen LogP contribution in [0.1, 0.15) is 36.2 Å². The monoisotopic (exact) mass is 236 g/mol. The molecule has 0 unspecified atom stereocenters. The van der Waals surface area contributed by atoms with E-state index in [-0.39, 0.29) is 17.8 Å². The van der Waals surface area contributed by atoms with E-state index >= 15 is 0 Å². The summed E-state index contributed by atoms with van der Waals surface area (Å²) in [5.74, 6) is -0.431. The molecule has 0 amide bonds. The number of nitrogens with one attached hydrogen (secondary N) is 1. The van der Waals surface area contributed by atoms with Crippen molar-refractivity contribution in [2.45, 2.75) is 37.8 Å². The zero-order chi connectivity index (χ0) is 12.3. The molecule has 1 saturated carbocycles. The molecule has 17 heavy (non-hydrogen) atoms. The zero-order valence-corrected chi connectivity index (χ0v) is 9.47. The van der Waals surface area contributed by atoms with Gasteiger partial charge in [-0.3, -0.25) is 0 Å². The van der Waals surface area contributed by atoms with E-state index in [1.807, 2.05) is 0 Å². The predicted molar refractivity (Wildman–Crippen MR) is 63.1 cm³/mol. The molecular weight excluding hydrogens is 220 g/mol. The molecule has 5 nitrogen and oxygen atoms in total. The highest BCUT2D eigenvalue weighted by molar-refractivity contribution is 5.85. The first-order chi connectivity index (χ1) is 8.15. The Balaban J connectivity index is 1.98. The molecule has 0 saturated heterocycles. The number of aromatic nitrogens is 1. The van der Waals surface area contributed by atoms with Crippen molar-refractivity contribution in [2.75, 3.05) is 5.32 Å². The van der Waals surface area contributed by atoms with Crippen molar-refractivity contribution in [3.8, 4) is 0 Å². The number of anilines is 1. The fourth-order valence-electron chi connectivity index (χ4n) is 2.06. The molecule has 3 N–H and O–H groups in total. The molecule has 1 aromatic rings. The summed E-state index contributed by atoms with van der Waals surface area (Å²) in [4.78, 5) is 14.8. The smallest absolute Gasteiger partial charge is 0.354 e. The van der Waals surface area contributed by atoms with Crippen LogP contribution in [-0.2, 0) is 0 Å². The van der Waals surface area contributed by atoms with Crippen LogP contribution in [-0.4, -0.2) is 33.3 Å². The zero-order valence-electron chi connectivity index (χ0n) is 9.47. The molecule has 0 bridgehead atoms. The normalized spacial score (nSPS) is 24.3. The number of hydrogen-bond donors (Lipinski definition) is 3. The number of rotatable bonds is 3. The van der Waals surface area contributed by atoms with Gasteiger partial charge in [0.05, 0.1) is 6.10 Å². The summed E-state index contributed by atoms with van der Waals surface area (Å²) >= 11 is 0. The van der Waals surface area contributed by atoms with E-state index in [2.05, 4.69) is 10.3 Å². The lowest BCUT2D eigenvalue weighted by molar-refractivity contribution is 0.0690. The second-order valence-electron chi connectivity index (χ2n) is 4.36. The molecule has 0 aromatic carbocycles. The van der Waals surface area contributed by atoms with Gasteiger partial charge in [0.1, 0.15) is 5.82 Å². The fraction of sp³-hybridized carbons (Fsp3) is 0.500. The van der Waals surface area contributed by atoms with Crippen molar-refractivity contribution in [3.63, 3.8) is 0 Å². The summed E-state index contributed by atoms with van der Waals surface area (Å²) in [5.41, 5.74) is 0.0471. The molecule has 1 fully saturated rings. The third kappa shape index (κ3) is 3.17. The van der Waals surface area contributed by atoms with Gasteiger partial charge in [-0.05, 0) is 37.8 Å². The third-order valence-corrected chi connectivity index (χ3v) is 3.02. The number of aliphatic hydroxyl groups excluding tert-OH is 1. The molecule has 92 valence electrons. The third-order valence-electron chi connectivity index (χ3n) is 3.02. The molecule has 0 aliphatic heterocycles. The second kappa shape index (κ2) is 5.14. The van der Waals surface area contributed by atoms with E-state index in [0.717, 1.165) is 25.7 Å². The highest BCUT2D eigenvalue weighted by Gasteiger charge is 2.19. The van der Waals surface area contributed by atoms with Gasteiger partial charge in [-0.25, -0.2) is 9.78 Å². The number of aliphatic hydroxyl groups is 1. The number of hydrogen-bond acceptors (Lipinski definition) is 4. The Morgan fingerprint density at radius 2 is 2.00 bits per heavy atom. The van der Waals surface area contributed by atoms with Crippen LogP contribution in [0.2, 0.25) is 0 Å². The van der Waals surface area contributed by atoms with Crippen LogP contribution in [0.4, 0.5) is 5.82 Å². The molecule has 1 aromatic heterocycles. The van der Waals surface area contributed by atoms with Crippen LogP contribution in [0.3, 0.4) is 0 Å². The van der Waals surface area contributed by atoms with Crippen molar-refractivity contribution in [1.29, 1.82) is 0 Å². The average molecular weight is 236 g/mol. The van der Waals surface area contributed by atoms with E-state index in [4.69, 9.17) is 5.11 Å². The topological polar surface area (TPSA) is 82.5 Å². The Bertz CT molecular complexity index is 400. The first-order valence-corrected chi connectivity index (χ1v) is 5.80. The average Bonchev–Trinajstić information content (AvgIpc) is 2.32. The largest absolute Gasteiger partial charge is 0.477 e. The van der Waals surface area contributed by atoms with Crippen LogP contribution in [0, 0.1) is 0 Å². The van der Waals surface area contributed by atoms with Gasteiger partial charge in [0.2, 0.25) is 0 Å². The van der Waals surface area contributed by atoms with Gasteiger partial charge < -0.3 is 15.5 Å². The van der Waals surface area contributed by atoms with E-state index in [1.54, 1.807) is 12.1 Å². The van der Waals surface area contributed by atoms with Crippen molar-refractivity contribution in [3.05, 3.63) is 23.9 Å².